The van der Waals surface area contributed by atoms with E-state index in [-0.39, 0.29) is 5.11 Å². The Morgan fingerprint density at radius 3 is 2.35 bits per heavy atom. The molecule has 138 valence electrons. The lowest BCUT2D eigenvalue weighted by Crippen LogP contribution is -2.56. The number of thiocarbonyl (C=S) groups is 1. The largest absolute Gasteiger partial charge is 0.339 e. The van der Waals surface area contributed by atoms with Crippen LogP contribution in [0.4, 0.5) is 5.69 Å². The van der Waals surface area contributed by atoms with Gasteiger partial charge in [-0.3, -0.25) is 4.79 Å². The third-order valence-corrected chi connectivity index (χ3v) is 5.15. The van der Waals surface area contributed by atoms with E-state index in [0.717, 1.165) is 14.6 Å². The number of para-hydroxylation sites is 1. The molecule has 0 aliphatic carbocycles. The topological polar surface area (TPSA) is 53.2 Å². The van der Waals surface area contributed by atoms with Crippen molar-refractivity contribution in [2.24, 2.45) is 0 Å². The normalized spacial score (nSPS) is 12.2. The van der Waals surface area contributed by atoms with Gasteiger partial charge < -0.3 is 16.0 Å². The summed E-state index contributed by atoms with van der Waals surface area (Å²) in [5.74, 6) is -0.418. The van der Waals surface area contributed by atoms with E-state index < -0.39 is 15.9 Å². The first kappa shape index (κ1) is 21.7. The fourth-order valence-corrected chi connectivity index (χ4v) is 3.23. The number of carbonyl (C=O) groups excluding carboxylic acids is 1. The van der Waals surface area contributed by atoms with Crippen LogP contribution in [0.5, 0.6) is 0 Å². The van der Waals surface area contributed by atoms with Crippen molar-refractivity contribution in [2.75, 3.05) is 5.32 Å². The van der Waals surface area contributed by atoms with Crippen LogP contribution in [-0.2, 0) is 0 Å². The fourth-order valence-electron chi connectivity index (χ4n) is 1.90. The van der Waals surface area contributed by atoms with E-state index in [4.69, 9.17) is 47.0 Å². The molecule has 1 amide bonds. The van der Waals surface area contributed by atoms with Gasteiger partial charge in [0.15, 0.2) is 5.11 Å². The Balaban J connectivity index is 2.09. The number of alkyl halides is 3. The van der Waals surface area contributed by atoms with Crippen LogP contribution in [0.25, 0.3) is 0 Å². The van der Waals surface area contributed by atoms with Crippen molar-refractivity contribution in [2.45, 2.75) is 9.96 Å². The summed E-state index contributed by atoms with van der Waals surface area (Å²) < 4.78 is -0.260. The molecule has 0 unspecified atom stereocenters. The maximum atomic E-state index is 12.4. The molecule has 0 fully saturated rings. The van der Waals surface area contributed by atoms with Crippen LogP contribution in [0.1, 0.15) is 10.4 Å². The second-order valence-corrected chi connectivity index (χ2v) is 9.58. The van der Waals surface area contributed by atoms with E-state index in [9.17, 15) is 4.79 Å². The van der Waals surface area contributed by atoms with Crippen molar-refractivity contribution >= 4 is 95.6 Å². The van der Waals surface area contributed by atoms with E-state index in [1.165, 1.54) is 0 Å². The molecule has 3 N–H and O–H groups in total. The van der Waals surface area contributed by atoms with E-state index in [1.54, 1.807) is 24.3 Å². The van der Waals surface area contributed by atoms with Crippen LogP contribution in [0.15, 0.2) is 57.5 Å². The number of hydrogen-bond donors (Lipinski definition) is 3. The van der Waals surface area contributed by atoms with Gasteiger partial charge >= 0.3 is 0 Å². The summed E-state index contributed by atoms with van der Waals surface area (Å²) >= 11 is 29.9. The molecule has 0 spiro atoms. The highest BCUT2D eigenvalue weighted by Crippen LogP contribution is 2.29. The summed E-state index contributed by atoms with van der Waals surface area (Å²) in [4.78, 5) is 12.4. The lowest BCUT2D eigenvalue weighted by Gasteiger charge is -2.28. The van der Waals surface area contributed by atoms with Gasteiger partial charge in [-0.15, -0.1) is 0 Å². The molecule has 2 aromatic rings. The number of amides is 1. The first-order valence-corrected chi connectivity index (χ1v) is 10.2. The standard InChI is InChI=1S/C16H12Br2Cl3N3OS/c17-10-5-3-4-9(8-10)13(25)23-14(16(19,20)21)24-15(26)22-12-7-2-1-6-11(12)18/h1-8,14H,(H,23,25)(H2,22,24,26)/t14-/m0/s1. The Kier molecular flexibility index (Phi) is 8.00. The molecule has 10 heteroatoms. The summed E-state index contributed by atoms with van der Waals surface area (Å²) in [7, 11) is 0. The van der Waals surface area contributed by atoms with Gasteiger partial charge in [0.05, 0.1) is 5.69 Å². The first-order valence-electron chi connectivity index (χ1n) is 7.12. The Bertz CT molecular complexity index is 817. The van der Waals surface area contributed by atoms with Gasteiger partial charge in [0.1, 0.15) is 6.17 Å². The Hall–Kier alpha value is -0.570. The number of anilines is 1. The van der Waals surface area contributed by atoms with Crippen LogP contribution in [0.3, 0.4) is 0 Å². The number of hydrogen-bond acceptors (Lipinski definition) is 2. The highest BCUT2D eigenvalue weighted by Gasteiger charge is 2.35. The molecule has 0 radical (unpaired) electrons. The molecule has 0 aliphatic heterocycles. The van der Waals surface area contributed by atoms with Crippen molar-refractivity contribution in [3.05, 3.63) is 63.0 Å². The van der Waals surface area contributed by atoms with Crippen LogP contribution in [0.2, 0.25) is 0 Å². The van der Waals surface area contributed by atoms with Crippen molar-refractivity contribution in [1.82, 2.24) is 10.6 Å². The van der Waals surface area contributed by atoms with Crippen LogP contribution in [-0.4, -0.2) is 21.0 Å². The molecule has 4 nitrogen and oxygen atoms in total. The van der Waals surface area contributed by atoms with Gasteiger partial charge in [0.2, 0.25) is 3.79 Å². The Labute approximate surface area is 188 Å². The minimum Gasteiger partial charge on any atom is -0.339 e. The van der Waals surface area contributed by atoms with Gasteiger partial charge in [-0.2, -0.15) is 0 Å². The predicted molar refractivity (Wildman–Crippen MR) is 119 cm³/mol. The molecule has 26 heavy (non-hydrogen) atoms. The van der Waals surface area contributed by atoms with Crippen molar-refractivity contribution in [3.8, 4) is 0 Å². The third kappa shape index (κ3) is 6.55. The lowest BCUT2D eigenvalue weighted by molar-refractivity contribution is 0.0934. The van der Waals surface area contributed by atoms with Gasteiger partial charge in [-0.1, -0.05) is 68.9 Å². The van der Waals surface area contributed by atoms with Crippen LogP contribution < -0.4 is 16.0 Å². The van der Waals surface area contributed by atoms with Crippen LogP contribution in [0, 0.1) is 0 Å². The van der Waals surface area contributed by atoms with Crippen molar-refractivity contribution in [3.63, 3.8) is 0 Å². The molecule has 0 saturated carbocycles. The van der Waals surface area contributed by atoms with Gasteiger partial charge in [-0.05, 0) is 58.5 Å². The van der Waals surface area contributed by atoms with Crippen molar-refractivity contribution < 1.29 is 4.79 Å². The Morgan fingerprint density at radius 2 is 1.73 bits per heavy atom. The fraction of sp³-hybridized carbons (Fsp3) is 0.125. The molecule has 0 aromatic heterocycles. The Morgan fingerprint density at radius 1 is 1.04 bits per heavy atom. The van der Waals surface area contributed by atoms with E-state index >= 15 is 0 Å². The summed E-state index contributed by atoms with van der Waals surface area (Å²) in [6.45, 7) is 0. The summed E-state index contributed by atoms with van der Waals surface area (Å²) in [6, 6.07) is 14.2. The molecular weight excluding hydrogens is 548 g/mol. The number of benzene rings is 2. The average molecular weight is 561 g/mol. The predicted octanol–water partition coefficient (Wildman–Crippen LogP) is 5.62. The summed E-state index contributed by atoms with van der Waals surface area (Å²) in [5.41, 5.74) is 1.14. The number of halogens is 5. The van der Waals surface area contributed by atoms with E-state index in [1.807, 2.05) is 24.3 Å². The van der Waals surface area contributed by atoms with Gasteiger partial charge in [0, 0.05) is 14.5 Å². The maximum Gasteiger partial charge on any atom is 0.253 e. The summed E-state index contributed by atoms with van der Waals surface area (Å²) in [5, 5.41) is 8.59. The molecule has 2 aromatic carbocycles. The lowest BCUT2D eigenvalue weighted by atomic mass is 10.2. The summed E-state index contributed by atoms with van der Waals surface area (Å²) in [6.07, 6.45) is -1.05. The molecule has 0 saturated heterocycles. The molecule has 2 rings (SSSR count). The zero-order chi connectivity index (χ0) is 19.3. The molecular formula is C16H12Br2Cl3N3OS. The van der Waals surface area contributed by atoms with Gasteiger partial charge in [-0.25, -0.2) is 0 Å². The monoisotopic (exact) mass is 557 g/mol. The van der Waals surface area contributed by atoms with E-state index in [2.05, 4.69) is 47.8 Å². The van der Waals surface area contributed by atoms with Crippen molar-refractivity contribution in [1.29, 1.82) is 0 Å². The molecule has 0 heterocycles. The zero-order valence-electron chi connectivity index (χ0n) is 12.9. The zero-order valence-corrected chi connectivity index (χ0v) is 19.2. The molecule has 1 atom stereocenters. The highest BCUT2D eigenvalue weighted by molar-refractivity contribution is 9.10. The average Bonchev–Trinajstić information content (AvgIpc) is 2.55. The number of carbonyl (C=O) groups is 1. The first-order chi connectivity index (χ1) is 12.2. The maximum absolute atomic E-state index is 12.4. The smallest absolute Gasteiger partial charge is 0.253 e. The highest BCUT2D eigenvalue weighted by atomic mass is 79.9. The number of nitrogens with one attached hydrogen (secondary N) is 3. The van der Waals surface area contributed by atoms with Gasteiger partial charge in [0.25, 0.3) is 5.91 Å². The second-order valence-electron chi connectivity index (χ2n) is 5.04. The van der Waals surface area contributed by atoms with Crippen LogP contribution >= 0.6 is 78.9 Å². The van der Waals surface area contributed by atoms with E-state index in [0.29, 0.717) is 5.56 Å². The SMILES string of the molecule is O=C(N[C@@H](NC(=S)Nc1ccccc1Br)C(Cl)(Cl)Cl)c1cccc(Br)c1. The minimum absolute atomic E-state index is 0.183. The molecule has 0 bridgehead atoms. The molecule has 0 aliphatic rings. The quantitative estimate of drug-likeness (QED) is 0.258. The second kappa shape index (κ2) is 9.57. The number of rotatable bonds is 4. The minimum atomic E-state index is -1.83. The third-order valence-electron chi connectivity index (χ3n) is 3.09.